The Kier molecular flexibility index (Phi) is 4.83. The molecule has 33 heavy (non-hydrogen) atoms. The van der Waals surface area contributed by atoms with E-state index in [1.807, 2.05) is 12.1 Å². The maximum Gasteiger partial charge on any atom is 0.228 e. The Balaban J connectivity index is 1.53. The molecule has 2 atom stereocenters. The zero-order valence-electron chi connectivity index (χ0n) is 18.1. The van der Waals surface area contributed by atoms with E-state index in [1.54, 1.807) is 12.1 Å². The van der Waals surface area contributed by atoms with Gasteiger partial charge >= 0.3 is 0 Å². The lowest BCUT2D eigenvalue weighted by Crippen LogP contribution is -2.48. The summed E-state index contributed by atoms with van der Waals surface area (Å²) in [4.78, 5) is 18.2. The number of hydrogen-bond acceptors (Lipinski definition) is 8. The largest absolute Gasteiger partial charge is 0.383 e. The van der Waals surface area contributed by atoms with Crippen LogP contribution in [0.15, 0.2) is 24.3 Å². The number of benzene rings is 2. The fourth-order valence-corrected chi connectivity index (χ4v) is 6.47. The first-order valence-electron chi connectivity index (χ1n) is 11.0. The number of fused-ring (bicyclic) bond motifs is 3. The van der Waals surface area contributed by atoms with Crippen molar-refractivity contribution in [2.24, 2.45) is 0 Å². The van der Waals surface area contributed by atoms with Crippen molar-refractivity contribution in [2.75, 3.05) is 36.5 Å². The molecule has 2 aromatic heterocycles. The van der Waals surface area contributed by atoms with Crippen LogP contribution >= 0.6 is 22.9 Å². The van der Waals surface area contributed by atoms with Gasteiger partial charge in [0.1, 0.15) is 11.3 Å². The van der Waals surface area contributed by atoms with Crippen molar-refractivity contribution < 1.29 is 4.39 Å². The summed E-state index contributed by atoms with van der Waals surface area (Å²) >= 11 is 7.93. The van der Waals surface area contributed by atoms with Gasteiger partial charge in [-0.05, 0) is 45.0 Å². The quantitative estimate of drug-likeness (QED) is 0.432. The standard InChI is InChI=1S/C23H23ClFN7S/c1-31-8-3-5-15-14(31)7-9-32(15)23-29-20-12(21(26)30-23)10-13(24)17(18(20)25)11-4-2-6-16-19(11)28-22(27)33-16/h2,4,6,10,14-15H,3,5,7-9H2,1H3,(H2,27,28)(H2,26,29,30). The number of thiazole rings is 1. The molecule has 0 spiro atoms. The number of likely N-dealkylation sites (tertiary alicyclic amines) is 1. The molecule has 10 heteroatoms. The van der Waals surface area contributed by atoms with Crippen LogP contribution in [-0.2, 0) is 0 Å². The van der Waals surface area contributed by atoms with Gasteiger partial charge in [0.15, 0.2) is 10.9 Å². The summed E-state index contributed by atoms with van der Waals surface area (Å²) in [5.74, 6) is 0.181. The minimum Gasteiger partial charge on any atom is -0.383 e. The molecule has 2 unspecified atom stereocenters. The summed E-state index contributed by atoms with van der Waals surface area (Å²) in [6.45, 7) is 1.92. The lowest BCUT2D eigenvalue weighted by atomic mass is 9.98. The fourth-order valence-electron chi connectivity index (χ4n) is 5.41. The van der Waals surface area contributed by atoms with Crippen LogP contribution in [0.2, 0.25) is 5.02 Å². The third-order valence-electron chi connectivity index (χ3n) is 6.95. The van der Waals surface area contributed by atoms with Gasteiger partial charge in [-0.3, -0.25) is 0 Å². The number of nitrogens with zero attached hydrogens (tertiary/aromatic N) is 5. The van der Waals surface area contributed by atoms with Crippen LogP contribution in [0.1, 0.15) is 19.3 Å². The second-order valence-corrected chi connectivity index (χ2v) is 10.3. The zero-order valence-corrected chi connectivity index (χ0v) is 19.6. The topological polar surface area (TPSA) is 97.2 Å². The summed E-state index contributed by atoms with van der Waals surface area (Å²) in [5.41, 5.74) is 13.8. The minimum atomic E-state index is -0.525. The number of nitrogens with two attached hydrogens (primary N) is 2. The lowest BCUT2D eigenvalue weighted by molar-refractivity contribution is 0.179. The third-order valence-corrected chi connectivity index (χ3v) is 8.10. The summed E-state index contributed by atoms with van der Waals surface area (Å²) in [6, 6.07) is 7.96. The van der Waals surface area contributed by atoms with E-state index in [-0.39, 0.29) is 21.9 Å². The molecular weight excluding hydrogens is 461 g/mol. The molecule has 2 fully saturated rings. The second-order valence-electron chi connectivity index (χ2n) is 8.80. The Hall–Kier alpha value is -2.75. The summed E-state index contributed by atoms with van der Waals surface area (Å²) in [5, 5.41) is 1.06. The van der Waals surface area contributed by atoms with Gasteiger partial charge in [-0.1, -0.05) is 35.1 Å². The van der Waals surface area contributed by atoms with Crippen molar-refractivity contribution in [3.05, 3.63) is 35.1 Å². The molecule has 7 nitrogen and oxygen atoms in total. The van der Waals surface area contributed by atoms with Crippen LogP contribution in [0.5, 0.6) is 0 Å². The fraction of sp³-hybridized carbons (Fsp3) is 0.348. The van der Waals surface area contributed by atoms with Gasteiger partial charge in [-0.15, -0.1) is 0 Å². The first kappa shape index (κ1) is 20.8. The third kappa shape index (κ3) is 3.21. The SMILES string of the molecule is CN1CCCC2C1CCN2c1nc(N)c2cc(Cl)c(-c3cccc4sc(N)nc34)c(F)c2n1. The van der Waals surface area contributed by atoms with E-state index < -0.39 is 5.82 Å². The van der Waals surface area contributed by atoms with Gasteiger partial charge in [-0.2, -0.15) is 4.98 Å². The van der Waals surface area contributed by atoms with Crippen LogP contribution in [0, 0.1) is 5.82 Å². The average molecular weight is 484 g/mol. The number of anilines is 3. The number of halogens is 2. The second kappa shape index (κ2) is 7.65. The number of piperidine rings is 1. The number of rotatable bonds is 2. The highest BCUT2D eigenvalue weighted by Gasteiger charge is 2.40. The Morgan fingerprint density at radius 1 is 1.09 bits per heavy atom. The highest BCUT2D eigenvalue weighted by molar-refractivity contribution is 7.22. The first-order chi connectivity index (χ1) is 15.9. The van der Waals surface area contributed by atoms with Crippen molar-refractivity contribution in [2.45, 2.75) is 31.3 Å². The molecule has 170 valence electrons. The van der Waals surface area contributed by atoms with E-state index in [2.05, 4.69) is 31.8 Å². The van der Waals surface area contributed by atoms with Gasteiger partial charge < -0.3 is 21.3 Å². The molecule has 2 aromatic carbocycles. The highest BCUT2D eigenvalue weighted by atomic mass is 35.5. The molecule has 2 aliphatic rings. The number of aromatic nitrogens is 3. The summed E-state index contributed by atoms with van der Waals surface area (Å²) < 4.78 is 16.9. The van der Waals surface area contributed by atoms with Gasteiger partial charge in [-0.25, -0.2) is 14.4 Å². The highest BCUT2D eigenvalue weighted by Crippen LogP contribution is 2.41. The Morgan fingerprint density at radius 2 is 1.94 bits per heavy atom. The Bertz CT molecular complexity index is 1410. The van der Waals surface area contributed by atoms with Gasteiger partial charge in [0, 0.05) is 35.1 Å². The summed E-state index contributed by atoms with van der Waals surface area (Å²) in [6.07, 6.45) is 3.22. The zero-order chi connectivity index (χ0) is 22.9. The Labute approximate surface area is 199 Å². The first-order valence-corrected chi connectivity index (χ1v) is 12.2. The van der Waals surface area contributed by atoms with E-state index in [0.29, 0.717) is 39.6 Å². The van der Waals surface area contributed by atoms with Crippen LogP contribution in [0.4, 0.5) is 21.3 Å². The van der Waals surface area contributed by atoms with Crippen molar-refractivity contribution in [1.29, 1.82) is 0 Å². The van der Waals surface area contributed by atoms with E-state index >= 15 is 4.39 Å². The smallest absolute Gasteiger partial charge is 0.228 e. The molecule has 0 aliphatic carbocycles. The van der Waals surface area contributed by atoms with Gasteiger partial charge in [0.25, 0.3) is 0 Å². The molecule has 0 bridgehead atoms. The predicted molar refractivity (Wildman–Crippen MR) is 133 cm³/mol. The van der Waals surface area contributed by atoms with E-state index in [0.717, 1.165) is 37.1 Å². The van der Waals surface area contributed by atoms with Gasteiger partial charge in [0.05, 0.1) is 15.2 Å². The van der Waals surface area contributed by atoms with Gasteiger partial charge in [0.2, 0.25) is 5.95 Å². The predicted octanol–water partition coefficient (Wildman–Crippen LogP) is 4.54. The molecule has 4 heterocycles. The van der Waals surface area contributed by atoms with Crippen molar-refractivity contribution in [1.82, 2.24) is 19.9 Å². The van der Waals surface area contributed by atoms with Crippen LogP contribution in [0.25, 0.3) is 32.2 Å². The molecule has 2 aliphatic heterocycles. The Morgan fingerprint density at radius 3 is 2.79 bits per heavy atom. The van der Waals surface area contributed by atoms with E-state index in [1.165, 1.54) is 11.3 Å². The molecular formula is C23H23ClFN7S. The maximum absolute atomic E-state index is 16.1. The van der Waals surface area contributed by atoms with Crippen LogP contribution in [-0.4, -0.2) is 52.1 Å². The minimum absolute atomic E-state index is 0.171. The monoisotopic (exact) mass is 483 g/mol. The van der Waals surface area contributed by atoms with Crippen LogP contribution < -0.4 is 16.4 Å². The van der Waals surface area contributed by atoms with Crippen molar-refractivity contribution >= 4 is 61.0 Å². The van der Waals surface area contributed by atoms with E-state index in [9.17, 15) is 0 Å². The molecule has 4 aromatic rings. The normalized spacial score (nSPS) is 21.2. The number of hydrogen-bond donors (Lipinski definition) is 2. The maximum atomic E-state index is 16.1. The molecule has 2 saturated heterocycles. The molecule has 0 saturated carbocycles. The van der Waals surface area contributed by atoms with Crippen LogP contribution in [0.3, 0.4) is 0 Å². The lowest BCUT2D eigenvalue weighted by Gasteiger charge is -2.37. The molecule has 0 amide bonds. The molecule has 4 N–H and O–H groups in total. The number of nitrogen functional groups attached to an aromatic ring is 2. The number of likely N-dealkylation sites (N-methyl/N-ethyl adjacent to an activating group) is 1. The number of para-hydroxylation sites is 1. The van der Waals surface area contributed by atoms with Crippen molar-refractivity contribution in [3.8, 4) is 11.1 Å². The molecule has 6 rings (SSSR count). The summed E-state index contributed by atoms with van der Waals surface area (Å²) in [7, 11) is 2.16. The average Bonchev–Trinajstić information content (AvgIpc) is 3.38. The van der Waals surface area contributed by atoms with E-state index in [4.69, 9.17) is 23.1 Å². The molecule has 0 radical (unpaired) electrons. The van der Waals surface area contributed by atoms with Crippen molar-refractivity contribution in [3.63, 3.8) is 0 Å².